The second-order valence-electron chi connectivity index (χ2n) is 4.15. The van der Waals surface area contributed by atoms with Crippen molar-refractivity contribution in [3.63, 3.8) is 0 Å². The van der Waals surface area contributed by atoms with Gasteiger partial charge in [-0.3, -0.25) is 0 Å². The van der Waals surface area contributed by atoms with E-state index in [0.717, 1.165) is 11.6 Å². The Labute approximate surface area is 88.7 Å². The molecule has 0 spiro atoms. The van der Waals surface area contributed by atoms with Crippen molar-refractivity contribution < 1.29 is 14.3 Å². The maximum atomic E-state index is 13.0. The van der Waals surface area contributed by atoms with Crippen molar-refractivity contribution in [1.82, 2.24) is 0 Å². The normalized spacial score (nSPS) is 10.7. The largest absolute Gasteiger partial charge is 0.478 e. The van der Waals surface area contributed by atoms with Crippen molar-refractivity contribution >= 4 is 5.97 Å². The highest BCUT2D eigenvalue weighted by atomic mass is 19.1. The van der Waals surface area contributed by atoms with Crippen molar-refractivity contribution in [3.8, 4) is 0 Å². The number of rotatable bonds is 3. The maximum absolute atomic E-state index is 13.0. The van der Waals surface area contributed by atoms with Gasteiger partial charge in [0, 0.05) is 0 Å². The summed E-state index contributed by atoms with van der Waals surface area (Å²) in [7, 11) is 0. The number of hydrogen-bond acceptors (Lipinski definition) is 1. The van der Waals surface area contributed by atoms with E-state index in [-0.39, 0.29) is 5.56 Å². The van der Waals surface area contributed by atoms with E-state index < -0.39 is 11.8 Å². The van der Waals surface area contributed by atoms with Gasteiger partial charge in [-0.05, 0) is 42.5 Å². The minimum Gasteiger partial charge on any atom is -0.478 e. The van der Waals surface area contributed by atoms with Crippen molar-refractivity contribution in [1.29, 1.82) is 0 Å². The molecule has 0 aliphatic carbocycles. The van der Waals surface area contributed by atoms with Gasteiger partial charge in [0.05, 0.1) is 5.56 Å². The van der Waals surface area contributed by atoms with Gasteiger partial charge in [-0.15, -0.1) is 0 Å². The number of aryl methyl sites for hydroxylation is 1. The first-order valence-electron chi connectivity index (χ1n) is 4.94. The zero-order chi connectivity index (χ0) is 11.6. The second kappa shape index (κ2) is 4.43. The molecule has 1 aromatic rings. The monoisotopic (exact) mass is 210 g/mol. The number of carbonyl (C=O) groups is 1. The molecule has 3 heteroatoms. The summed E-state index contributed by atoms with van der Waals surface area (Å²) in [5.41, 5.74) is 1.53. The Morgan fingerprint density at radius 3 is 2.53 bits per heavy atom. The van der Waals surface area contributed by atoms with Gasteiger partial charge < -0.3 is 5.11 Å². The second-order valence-corrected chi connectivity index (χ2v) is 4.15. The molecule has 0 saturated heterocycles. The van der Waals surface area contributed by atoms with Gasteiger partial charge in [-0.25, -0.2) is 9.18 Å². The molecule has 0 radical (unpaired) electrons. The summed E-state index contributed by atoms with van der Waals surface area (Å²) >= 11 is 0. The molecule has 0 bridgehead atoms. The van der Waals surface area contributed by atoms with Crippen LogP contribution in [-0.4, -0.2) is 11.1 Å². The number of carboxylic acids is 1. The Morgan fingerprint density at radius 2 is 2.07 bits per heavy atom. The van der Waals surface area contributed by atoms with E-state index >= 15 is 0 Å². The highest BCUT2D eigenvalue weighted by molar-refractivity contribution is 5.89. The smallest absolute Gasteiger partial charge is 0.336 e. The third-order valence-electron chi connectivity index (χ3n) is 2.28. The van der Waals surface area contributed by atoms with Crippen LogP contribution in [-0.2, 0) is 6.42 Å². The Morgan fingerprint density at radius 1 is 1.47 bits per heavy atom. The predicted octanol–water partition coefficient (Wildman–Crippen LogP) is 3.03. The van der Waals surface area contributed by atoms with Crippen LogP contribution in [0.4, 0.5) is 4.39 Å². The van der Waals surface area contributed by atoms with E-state index in [1.165, 1.54) is 6.07 Å². The summed E-state index contributed by atoms with van der Waals surface area (Å²) in [5, 5.41) is 8.96. The molecular weight excluding hydrogens is 195 g/mol. The zero-order valence-corrected chi connectivity index (χ0v) is 9.17. The molecule has 15 heavy (non-hydrogen) atoms. The molecule has 82 valence electrons. The highest BCUT2D eigenvalue weighted by Crippen LogP contribution is 2.20. The first-order valence-corrected chi connectivity index (χ1v) is 4.94. The summed E-state index contributed by atoms with van der Waals surface area (Å²) in [4.78, 5) is 10.9. The third-order valence-corrected chi connectivity index (χ3v) is 2.28. The van der Waals surface area contributed by atoms with Gasteiger partial charge in [0.15, 0.2) is 0 Å². The van der Waals surface area contributed by atoms with Crippen LogP contribution in [0.5, 0.6) is 0 Å². The van der Waals surface area contributed by atoms with E-state index in [2.05, 4.69) is 0 Å². The molecule has 0 aliphatic heterocycles. The number of halogens is 1. The molecule has 0 saturated carbocycles. The first kappa shape index (κ1) is 11.7. The molecule has 1 aromatic carbocycles. The van der Waals surface area contributed by atoms with Crippen LogP contribution in [0.25, 0.3) is 0 Å². The number of hydrogen-bond donors (Lipinski definition) is 1. The SMILES string of the molecule is Cc1cc(F)cc(C(=O)O)c1CC(C)C. The molecule has 0 aliphatic rings. The molecule has 2 nitrogen and oxygen atoms in total. The van der Waals surface area contributed by atoms with E-state index in [9.17, 15) is 9.18 Å². The van der Waals surface area contributed by atoms with Crippen molar-refractivity contribution in [3.05, 3.63) is 34.6 Å². The van der Waals surface area contributed by atoms with Gasteiger partial charge in [0.25, 0.3) is 0 Å². The van der Waals surface area contributed by atoms with E-state index in [1.54, 1.807) is 6.92 Å². The fourth-order valence-electron chi connectivity index (χ4n) is 1.64. The Hall–Kier alpha value is -1.38. The van der Waals surface area contributed by atoms with Gasteiger partial charge in [-0.1, -0.05) is 13.8 Å². The first-order chi connectivity index (χ1) is 6.91. The lowest BCUT2D eigenvalue weighted by atomic mass is 9.94. The minimum absolute atomic E-state index is 0.0844. The van der Waals surface area contributed by atoms with Crippen LogP contribution in [0.2, 0.25) is 0 Å². The average molecular weight is 210 g/mol. The number of aromatic carboxylic acids is 1. The lowest BCUT2D eigenvalue weighted by molar-refractivity contribution is 0.0695. The molecule has 0 heterocycles. The Bertz CT molecular complexity index is 383. The molecular formula is C12H15FO2. The molecule has 0 amide bonds. The molecule has 1 rings (SSSR count). The van der Waals surface area contributed by atoms with Gasteiger partial charge >= 0.3 is 5.97 Å². The van der Waals surface area contributed by atoms with Crippen LogP contribution >= 0.6 is 0 Å². The number of benzene rings is 1. The fraction of sp³-hybridized carbons (Fsp3) is 0.417. The van der Waals surface area contributed by atoms with Crippen LogP contribution in [0.1, 0.15) is 35.3 Å². The number of carboxylic acid groups (broad SMARTS) is 1. The highest BCUT2D eigenvalue weighted by Gasteiger charge is 2.15. The van der Waals surface area contributed by atoms with E-state index in [1.807, 2.05) is 13.8 Å². The van der Waals surface area contributed by atoms with Crippen LogP contribution < -0.4 is 0 Å². The summed E-state index contributed by atoms with van der Waals surface area (Å²) < 4.78 is 13.0. The zero-order valence-electron chi connectivity index (χ0n) is 9.17. The third kappa shape index (κ3) is 2.78. The summed E-state index contributed by atoms with van der Waals surface area (Å²) in [5.74, 6) is -1.20. The lowest BCUT2D eigenvalue weighted by Gasteiger charge is -2.12. The average Bonchev–Trinajstić information content (AvgIpc) is 2.08. The lowest BCUT2D eigenvalue weighted by Crippen LogP contribution is -2.08. The van der Waals surface area contributed by atoms with Gasteiger partial charge in [-0.2, -0.15) is 0 Å². The Balaban J connectivity index is 3.27. The quantitative estimate of drug-likeness (QED) is 0.832. The summed E-state index contributed by atoms with van der Waals surface area (Å²) in [6.07, 6.45) is 0.660. The maximum Gasteiger partial charge on any atom is 0.336 e. The molecule has 0 aromatic heterocycles. The fourth-order valence-corrected chi connectivity index (χ4v) is 1.64. The van der Waals surface area contributed by atoms with E-state index in [4.69, 9.17) is 5.11 Å². The van der Waals surface area contributed by atoms with Crippen LogP contribution in [0.15, 0.2) is 12.1 Å². The summed E-state index contributed by atoms with van der Waals surface area (Å²) in [6, 6.07) is 2.47. The topological polar surface area (TPSA) is 37.3 Å². The van der Waals surface area contributed by atoms with Gasteiger partial charge in [0.1, 0.15) is 5.82 Å². The van der Waals surface area contributed by atoms with Crippen molar-refractivity contribution in [2.45, 2.75) is 27.2 Å². The molecule has 1 N–H and O–H groups in total. The molecule has 0 fully saturated rings. The van der Waals surface area contributed by atoms with Crippen molar-refractivity contribution in [2.75, 3.05) is 0 Å². The van der Waals surface area contributed by atoms with Crippen molar-refractivity contribution in [2.24, 2.45) is 5.92 Å². The van der Waals surface area contributed by atoms with Crippen LogP contribution in [0.3, 0.4) is 0 Å². The predicted molar refractivity (Wildman–Crippen MR) is 56.6 cm³/mol. The minimum atomic E-state index is -1.06. The Kier molecular flexibility index (Phi) is 3.45. The van der Waals surface area contributed by atoms with Crippen LogP contribution in [0, 0.1) is 18.7 Å². The van der Waals surface area contributed by atoms with Gasteiger partial charge in [0.2, 0.25) is 0 Å². The van der Waals surface area contributed by atoms with E-state index in [0.29, 0.717) is 17.9 Å². The molecule has 0 unspecified atom stereocenters. The standard InChI is InChI=1S/C12H15FO2/c1-7(2)4-10-8(3)5-9(13)6-11(10)12(14)15/h5-7H,4H2,1-3H3,(H,14,15). The molecule has 0 atom stereocenters. The summed E-state index contributed by atoms with van der Waals surface area (Å²) in [6.45, 7) is 5.76.